The molecule has 0 radical (unpaired) electrons. The first-order valence-corrected chi connectivity index (χ1v) is 7.58. The number of fused-ring (bicyclic) bond motifs is 1. The van der Waals surface area contributed by atoms with E-state index in [0.717, 1.165) is 23.2 Å². The van der Waals surface area contributed by atoms with Crippen LogP contribution in [0.1, 0.15) is 28.5 Å². The summed E-state index contributed by atoms with van der Waals surface area (Å²) >= 11 is 1.69. The van der Waals surface area contributed by atoms with Crippen LogP contribution in [0.5, 0.6) is 0 Å². The molecule has 3 nitrogen and oxygen atoms in total. The number of aryl methyl sites for hydroxylation is 2. The summed E-state index contributed by atoms with van der Waals surface area (Å²) in [5.74, 6) is 0.151. The first-order valence-electron chi connectivity index (χ1n) is 6.70. The van der Waals surface area contributed by atoms with Crippen LogP contribution in [0.2, 0.25) is 0 Å². The normalized spacial score (nSPS) is 11.1. The third kappa shape index (κ3) is 2.27. The van der Waals surface area contributed by atoms with E-state index in [0.29, 0.717) is 6.42 Å². The molecule has 0 aliphatic heterocycles. The van der Waals surface area contributed by atoms with E-state index in [1.54, 1.807) is 16.0 Å². The highest BCUT2D eigenvalue weighted by Gasteiger charge is 2.16. The maximum atomic E-state index is 12.5. The first-order chi connectivity index (χ1) is 9.69. The molecule has 0 fully saturated rings. The average molecular weight is 284 g/mol. The molecule has 0 atom stereocenters. The molecule has 3 aromatic rings. The van der Waals surface area contributed by atoms with Crippen LogP contribution in [0.4, 0.5) is 0 Å². The van der Waals surface area contributed by atoms with Gasteiger partial charge in [-0.3, -0.25) is 9.48 Å². The van der Waals surface area contributed by atoms with E-state index in [1.807, 2.05) is 32.3 Å². The van der Waals surface area contributed by atoms with Gasteiger partial charge in [0.2, 0.25) is 0 Å². The summed E-state index contributed by atoms with van der Waals surface area (Å²) in [4.78, 5) is 12.5. The smallest absolute Gasteiger partial charge is 0.170 e. The standard InChI is InChI=1S/C16H16N2OS/c1-3-14-13(9-18(2)17-14)15(19)8-11-10-20-16-7-5-4-6-12(11)16/h4-7,9-10H,3,8H2,1-2H3. The third-order valence-electron chi connectivity index (χ3n) is 3.45. The minimum absolute atomic E-state index is 0.151. The second-order valence-corrected chi connectivity index (χ2v) is 5.78. The van der Waals surface area contributed by atoms with E-state index in [1.165, 1.54) is 10.1 Å². The lowest BCUT2D eigenvalue weighted by Gasteiger charge is -2.00. The molecular weight excluding hydrogens is 268 g/mol. The fourth-order valence-electron chi connectivity index (χ4n) is 2.47. The minimum atomic E-state index is 0.151. The van der Waals surface area contributed by atoms with E-state index < -0.39 is 0 Å². The zero-order valence-electron chi connectivity index (χ0n) is 11.6. The monoisotopic (exact) mass is 284 g/mol. The van der Waals surface area contributed by atoms with Crippen molar-refractivity contribution in [1.29, 1.82) is 0 Å². The summed E-state index contributed by atoms with van der Waals surface area (Å²) in [6, 6.07) is 8.22. The number of carbonyl (C=O) groups is 1. The molecule has 0 bridgehead atoms. The molecule has 0 N–H and O–H groups in total. The largest absolute Gasteiger partial charge is 0.294 e. The lowest BCUT2D eigenvalue weighted by Crippen LogP contribution is -2.04. The van der Waals surface area contributed by atoms with E-state index >= 15 is 0 Å². The van der Waals surface area contributed by atoms with Gasteiger partial charge >= 0.3 is 0 Å². The van der Waals surface area contributed by atoms with Crippen molar-refractivity contribution in [3.63, 3.8) is 0 Å². The molecule has 20 heavy (non-hydrogen) atoms. The van der Waals surface area contributed by atoms with Crippen molar-refractivity contribution in [1.82, 2.24) is 9.78 Å². The van der Waals surface area contributed by atoms with Gasteiger partial charge in [0, 0.05) is 24.4 Å². The summed E-state index contributed by atoms with van der Waals surface area (Å²) in [6.45, 7) is 2.03. The highest BCUT2D eigenvalue weighted by atomic mass is 32.1. The molecule has 0 aliphatic carbocycles. The fraction of sp³-hybridized carbons (Fsp3) is 0.250. The van der Waals surface area contributed by atoms with Gasteiger partial charge in [-0.15, -0.1) is 11.3 Å². The molecule has 0 spiro atoms. The zero-order chi connectivity index (χ0) is 14.1. The van der Waals surface area contributed by atoms with Crippen LogP contribution in [0.3, 0.4) is 0 Å². The van der Waals surface area contributed by atoms with Gasteiger partial charge in [0.05, 0.1) is 11.3 Å². The maximum absolute atomic E-state index is 12.5. The summed E-state index contributed by atoms with van der Waals surface area (Å²) < 4.78 is 2.95. The number of nitrogens with zero attached hydrogens (tertiary/aromatic N) is 2. The van der Waals surface area contributed by atoms with Gasteiger partial charge in [0.25, 0.3) is 0 Å². The number of Topliss-reactive ketones (excluding diaryl/α,β-unsaturated/α-hetero) is 1. The lowest BCUT2D eigenvalue weighted by atomic mass is 10.0. The Morgan fingerprint density at radius 3 is 2.95 bits per heavy atom. The van der Waals surface area contributed by atoms with Crippen molar-refractivity contribution >= 4 is 27.2 Å². The molecule has 2 heterocycles. The number of thiophene rings is 1. The van der Waals surface area contributed by atoms with Crippen LogP contribution in [0.25, 0.3) is 10.1 Å². The quantitative estimate of drug-likeness (QED) is 0.686. The Morgan fingerprint density at radius 2 is 2.15 bits per heavy atom. The molecule has 0 saturated carbocycles. The highest BCUT2D eigenvalue weighted by molar-refractivity contribution is 7.17. The number of aromatic nitrogens is 2. The molecule has 0 aliphatic rings. The van der Waals surface area contributed by atoms with Crippen molar-refractivity contribution in [2.24, 2.45) is 7.05 Å². The van der Waals surface area contributed by atoms with E-state index in [-0.39, 0.29) is 5.78 Å². The Morgan fingerprint density at radius 1 is 1.35 bits per heavy atom. The van der Waals surface area contributed by atoms with Crippen LogP contribution in [-0.4, -0.2) is 15.6 Å². The number of benzene rings is 1. The number of ketones is 1. The highest BCUT2D eigenvalue weighted by Crippen LogP contribution is 2.27. The fourth-order valence-corrected chi connectivity index (χ4v) is 3.43. The van der Waals surface area contributed by atoms with Gasteiger partial charge in [0.15, 0.2) is 5.78 Å². The molecule has 1 aromatic carbocycles. The van der Waals surface area contributed by atoms with Crippen LogP contribution in [0, 0.1) is 0 Å². The predicted octanol–water partition coefficient (Wildman–Crippen LogP) is 3.62. The van der Waals surface area contributed by atoms with Gasteiger partial charge in [0.1, 0.15) is 0 Å². The van der Waals surface area contributed by atoms with Gasteiger partial charge in [-0.05, 0) is 28.8 Å². The molecule has 3 rings (SSSR count). The Hall–Kier alpha value is -1.94. The third-order valence-corrected chi connectivity index (χ3v) is 4.47. The number of hydrogen-bond acceptors (Lipinski definition) is 3. The van der Waals surface area contributed by atoms with Crippen LogP contribution >= 0.6 is 11.3 Å². The Balaban J connectivity index is 1.92. The molecule has 0 saturated heterocycles. The molecular formula is C16H16N2OS. The van der Waals surface area contributed by atoms with Crippen LogP contribution in [-0.2, 0) is 19.9 Å². The van der Waals surface area contributed by atoms with E-state index in [4.69, 9.17) is 0 Å². The van der Waals surface area contributed by atoms with Gasteiger partial charge in [-0.1, -0.05) is 25.1 Å². The number of rotatable bonds is 4. The van der Waals surface area contributed by atoms with Crippen molar-refractivity contribution in [2.45, 2.75) is 19.8 Å². The molecule has 2 aromatic heterocycles. The van der Waals surface area contributed by atoms with E-state index in [9.17, 15) is 4.79 Å². The van der Waals surface area contributed by atoms with Crippen LogP contribution in [0.15, 0.2) is 35.8 Å². The number of hydrogen-bond donors (Lipinski definition) is 0. The average Bonchev–Trinajstić information content (AvgIpc) is 3.03. The summed E-state index contributed by atoms with van der Waals surface area (Å²) in [6.07, 6.45) is 3.06. The SMILES string of the molecule is CCc1nn(C)cc1C(=O)Cc1csc2ccccc12. The van der Waals surface area contributed by atoms with Crippen molar-refractivity contribution in [3.05, 3.63) is 52.7 Å². The molecule has 4 heteroatoms. The summed E-state index contributed by atoms with van der Waals surface area (Å²) in [7, 11) is 1.86. The Bertz CT molecular complexity index is 770. The summed E-state index contributed by atoms with van der Waals surface area (Å²) in [5.41, 5.74) is 2.75. The van der Waals surface area contributed by atoms with Gasteiger partial charge in [-0.2, -0.15) is 5.10 Å². The minimum Gasteiger partial charge on any atom is -0.294 e. The molecule has 0 amide bonds. The van der Waals surface area contributed by atoms with Gasteiger partial charge in [-0.25, -0.2) is 0 Å². The lowest BCUT2D eigenvalue weighted by molar-refractivity contribution is 0.0992. The van der Waals surface area contributed by atoms with Crippen LogP contribution < -0.4 is 0 Å². The Kier molecular flexibility index (Phi) is 3.40. The van der Waals surface area contributed by atoms with Gasteiger partial charge < -0.3 is 0 Å². The molecule has 102 valence electrons. The van der Waals surface area contributed by atoms with Crippen molar-refractivity contribution < 1.29 is 4.79 Å². The number of carbonyl (C=O) groups excluding carboxylic acids is 1. The Labute approximate surface area is 121 Å². The molecule has 0 unspecified atom stereocenters. The van der Waals surface area contributed by atoms with E-state index in [2.05, 4.69) is 22.6 Å². The summed E-state index contributed by atoms with van der Waals surface area (Å²) in [5, 5.41) is 7.62. The van der Waals surface area contributed by atoms with Crippen molar-refractivity contribution in [3.8, 4) is 0 Å². The second kappa shape index (κ2) is 5.21. The predicted molar refractivity (Wildman–Crippen MR) is 82.4 cm³/mol. The zero-order valence-corrected chi connectivity index (χ0v) is 12.4. The second-order valence-electron chi connectivity index (χ2n) is 4.87. The maximum Gasteiger partial charge on any atom is 0.170 e. The first kappa shape index (κ1) is 13.1. The van der Waals surface area contributed by atoms with Crippen molar-refractivity contribution in [2.75, 3.05) is 0 Å². The topological polar surface area (TPSA) is 34.9 Å².